The number of hydrogen-bond acceptors (Lipinski definition) is 4. The fraction of sp³-hybridized carbons (Fsp3) is 0.316. The molecule has 0 saturated carbocycles. The third-order valence-electron chi connectivity index (χ3n) is 4.51. The van der Waals surface area contributed by atoms with Gasteiger partial charge in [0.25, 0.3) is 5.91 Å². The van der Waals surface area contributed by atoms with Crippen LogP contribution in [0.4, 0.5) is 5.69 Å². The molecule has 0 aromatic heterocycles. The highest BCUT2D eigenvalue weighted by Crippen LogP contribution is 2.17. The van der Waals surface area contributed by atoms with Gasteiger partial charge in [-0.25, -0.2) is 8.42 Å². The number of benzene rings is 2. The Morgan fingerprint density at radius 2 is 1.59 bits per heavy atom. The number of amides is 1. The van der Waals surface area contributed by atoms with Crippen molar-refractivity contribution in [2.24, 2.45) is 0 Å². The number of piperazine rings is 1. The zero-order valence-corrected chi connectivity index (χ0v) is 17.2. The van der Waals surface area contributed by atoms with Crippen molar-refractivity contribution in [2.45, 2.75) is 0 Å². The van der Waals surface area contributed by atoms with Gasteiger partial charge in [-0.05, 0) is 36.4 Å². The average molecular weight is 452 g/mol. The third-order valence-corrected chi connectivity index (χ3v) is 6.91. The standard InChI is InChI=1S/C19H22BrN3O3S/c20-17-8-6-16(7-9-17)19(24)21-10-15-27(25,26)23-13-11-22(12-14-23)18-4-2-1-3-5-18/h1-9H,10-15H2,(H,21,24). The van der Waals surface area contributed by atoms with Crippen LogP contribution in [0.25, 0.3) is 0 Å². The fourth-order valence-electron chi connectivity index (χ4n) is 2.99. The smallest absolute Gasteiger partial charge is 0.251 e. The summed E-state index contributed by atoms with van der Waals surface area (Å²) < 4.78 is 27.5. The predicted molar refractivity (Wildman–Crippen MR) is 110 cm³/mol. The molecule has 0 bridgehead atoms. The second kappa shape index (κ2) is 8.86. The van der Waals surface area contributed by atoms with E-state index in [9.17, 15) is 13.2 Å². The van der Waals surface area contributed by atoms with Crippen LogP contribution in [0.2, 0.25) is 0 Å². The number of halogens is 1. The van der Waals surface area contributed by atoms with Crippen molar-refractivity contribution < 1.29 is 13.2 Å². The van der Waals surface area contributed by atoms with Crippen molar-refractivity contribution >= 4 is 37.5 Å². The maximum atomic E-state index is 12.5. The molecule has 8 heteroatoms. The van der Waals surface area contributed by atoms with Crippen LogP contribution in [0.3, 0.4) is 0 Å². The van der Waals surface area contributed by atoms with Crippen LogP contribution in [0.1, 0.15) is 10.4 Å². The number of sulfonamides is 1. The summed E-state index contributed by atoms with van der Waals surface area (Å²) in [5.41, 5.74) is 1.61. The van der Waals surface area contributed by atoms with Crippen molar-refractivity contribution in [1.29, 1.82) is 0 Å². The summed E-state index contributed by atoms with van der Waals surface area (Å²) in [7, 11) is -3.39. The second-order valence-electron chi connectivity index (χ2n) is 6.30. The van der Waals surface area contributed by atoms with E-state index in [1.807, 2.05) is 30.3 Å². The molecule has 3 rings (SSSR count). The number of carbonyl (C=O) groups is 1. The number of hydrogen-bond donors (Lipinski definition) is 1. The molecule has 1 heterocycles. The van der Waals surface area contributed by atoms with Gasteiger partial charge in [-0.2, -0.15) is 4.31 Å². The molecule has 1 N–H and O–H groups in total. The zero-order valence-electron chi connectivity index (χ0n) is 14.8. The third kappa shape index (κ3) is 5.31. The Kier molecular flexibility index (Phi) is 6.51. The molecule has 1 amide bonds. The molecule has 1 aliphatic rings. The Labute approximate surface area is 168 Å². The SMILES string of the molecule is O=C(NCCS(=O)(=O)N1CCN(c2ccccc2)CC1)c1ccc(Br)cc1. The minimum absolute atomic E-state index is 0.0934. The van der Waals surface area contributed by atoms with Crippen LogP contribution in [0, 0.1) is 0 Å². The molecule has 6 nitrogen and oxygen atoms in total. The molecule has 0 unspecified atom stereocenters. The topological polar surface area (TPSA) is 69.7 Å². The highest BCUT2D eigenvalue weighted by Gasteiger charge is 2.26. The summed E-state index contributed by atoms with van der Waals surface area (Å²) in [6.45, 7) is 2.33. The van der Waals surface area contributed by atoms with Crippen LogP contribution in [0.15, 0.2) is 59.1 Å². The van der Waals surface area contributed by atoms with E-state index < -0.39 is 10.0 Å². The summed E-state index contributed by atoms with van der Waals surface area (Å²) in [5, 5.41) is 2.68. The number of para-hydroxylation sites is 1. The molecule has 2 aromatic rings. The second-order valence-corrected chi connectivity index (χ2v) is 9.30. The quantitative estimate of drug-likeness (QED) is 0.731. The monoisotopic (exact) mass is 451 g/mol. The maximum absolute atomic E-state index is 12.5. The highest BCUT2D eigenvalue weighted by molar-refractivity contribution is 9.10. The van der Waals surface area contributed by atoms with Crippen LogP contribution < -0.4 is 10.2 Å². The van der Waals surface area contributed by atoms with Crippen LogP contribution in [-0.2, 0) is 10.0 Å². The molecule has 0 radical (unpaired) electrons. The molecule has 1 aliphatic heterocycles. The number of carbonyl (C=O) groups excluding carboxylic acids is 1. The van der Waals surface area contributed by atoms with E-state index in [1.54, 1.807) is 24.3 Å². The van der Waals surface area contributed by atoms with E-state index in [0.29, 0.717) is 31.7 Å². The number of rotatable bonds is 6. The van der Waals surface area contributed by atoms with Gasteiger partial charge in [0.2, 0.25) is 10.0 Å². The van der Waals surface area contributed by atoms with Crippen molar-refractivity contribution in [1.82, 2.24) is 9.62 Å². The van der Waals surface area contributed by atoms with E-state index in [-0.39, 0.29) is 18.2 Å². The van der Waals surface area contributed by atoms with Gasteiger partial charge in [0, 0.05) is 48.4 Å². The van der Waals surface area contributed by atoms with Crippen LogP contribution in [0.5, 0.6) is 0 Å². The first-order valence-electron chi connectivity index (χ1n) is 8.77. The van der Waals surface area contributed by atoms with Crippen LogP contribution >= 0.6 is 15.9 Å². The summed E-state index contributed by atoms with van der Waals surface area (Å²) in [4.78, 5) is 14.3. The summed E-state index contributed by atoms with van der Waals surface area (Å²) in [6, 6.07) is 16.9. The zero-order chi connectivity index (χ0) is 19.3. The fourth-order valence-corrected chi connectivity index (χ4v) is 4.59. The Balaban J connectivity index is 1.47. The van der Waals surface area contributed by atoms with Gasteiger partial charge < -0.3 is 10.2 Å². The van der Waals surface area contributed by atoms with Gasteiger partial charge >= 0.3 is 0 Å². The maximum Gasteiger partial charge on any atom is 0.251 e. The van der Waals surface area contributed by atoms with E-state index in [1.165, 1.54) is 4.31 Å². The van der Waals surface area contributed by atoms with Crippen molar-refractivity contribution in [3.63, 3.8) is 0 Å². The Hall–Kier alpha value is -1.90. The summed E-state index contributed by atoms with van der Waals surface area (Å²) in [6.07, 6.45) is 0. The number of anilines is 1. The first-order chi connectivity index (χ1) is 13.0. The molecular weight excluding hydrogens is 430 g/mol. The largest absolute Gasteiger partial charge is 0.369 e. The predicted octanol–water partition coefficient (Wildman–Crippen LogP) is 2.33. The molecule has 0 spiro atoms. The van der Waals surface area contributed by atoms with Gasteiger partial charge in [0.1, 0.15) is 0 Å². The van der Waals surface area contributed by atoms with E-state index in [4.69, 9.17) is 0 Å². The lowest BCUT2D eigenvalue weighted by atomic mass is 10.2. The van der Waals surface area contributed by atoms with Gasteiger partial charge in [-0.3, -0.25) is 4.79 Å². The van der Waals surface area contributed by atoms with E-state index in [0.717, 1.165) is 10.2 Å². The molecular formula is C19H22BrN3O3S. The molecule has 1 fully saturated rings. The lowest BCUT2D eigenvalue weighted by Crippen LogP contribution is -2.50. The van der Waals surface area contributed by atoms with Gasteiger partial charge in [0.05, 0.1) is 5.75 Å². The van der Waals surface area contributed by atoms with Gasteiger partial charge in [-0.1, -0.05) is 34.1 Å². The molecule has 27 heavy (non-hydrogen) atoms. The minimum Gasteiger partial charge on any atom is -0.369 e. The molecule has 2 aromatic carbocycles. The number of nitrogens with one attached hydrogen (secondary N) is 1. The summed E-state index contributed by atoms with van der Waals surface area (Å²) >= 11 is 3.32. The van der Waals surface area contributed by atoms with Crippen LogP contribution in [-0.4, -0.2) is 57.1 Å². The Bertz CT molecular complexity index is 865. The van der Waals surface area contributed by atoms with E-state index >= 15 is 0 Å². The number of nitrogens with zero attached hydrogens (tertiary/aromatic N) is 2. The molecule has 144 valence electrons. The minimum atomic E-state index is -3.39. The average Bonchev–Trinajstić information content (AvgIpc) is 2.69. The summed E-state index contributed by atoms with van der Waals surface area (Å²) in [5.74, 6) is -0.368. The van der Waals surface area contributed by atoms with E-state index in [2.05, 4.69) is 26.1 Å². The Morgan fingerprint density at radius 3 is 2.22 bits per heavy atom. The molecule has 0 atom stereocenters. The first-order valence-corrected chi connectivity index (χ1v) is 11.2. The lowest BCUT2D eigenvalue weighted by molar-refractivity contribution is 0.0956. The molecule has 1 saturated heterocycles. The van der Waals surface area contributed by atoms with Gasteiger partial charge in [-0.15, -0.1) is 0 Å². The van der Waals surface area contributed by atoms with Crippen molar-refractivity contribution in [2.75, 3.05) is 43.4 Å². The first kappa shape index (κ1) is 19.9. The molecule has 0 aliphatic carbocycles. The Morgan fingerprint density at radius 1 is 0.963 bits per heavy atom. The van der Waals surface area contributed by atoms with Gasteiger partial charge in [0.15, 0.2) is 0 Å². The van der Waals surface area contributed by atoms with Crippen molar-refractivity contribution in [3.05, 3.63) is 64.6 Å². The highest BCUT2D eigenvalue weighted by atomic mass is 79.9. The van der Waals surface area contributed by atoms with Crippen molar-refractivity contribution in [3.8, 4) is 0 Å². The normalized spacial score (nSPS) is 15.5. The lowest BCUT2D eigenvalue weighted by Gasteiger charge is -2.35.